The highest BCUT2D eigenvalue weighted by Gasteiger charge is 2.46. The number of carbonyl (C=O) groups excluding carboxylic acids is 2. The summed E-state index contributed by atoms with van der Waals surface area (Å²) in [6.07, 6.45) is 2.85. The van der Waals surface area contributed by atoms with Crippen molar-refractivity contribution < 1.29 is 28.6 Å². The SMILES string of the molecule is O=C(Nc1ccc2c(c1)[C@@H]1C[C@@H](CC(=O)N3CCCCC3)O[C@H](CO)[C@@H]1O2)Nc1ccccc1F. The van der Waals surface area contributed by atoms with Gasteiger partial charge < -0.3 is 30.1 Å². The minimum atomic E-state index is -0.560. The van der Waals surface area contributed by atoms with E-state index in [-0.39, 0.29) is 42.7 Å². The number of hydrogen-bond donors (Lipinski definition) is 3. The predicted molar refractivity (Wildman–Crippen MR) is 128 cm³/mol. The Morgan fingerprint density at radius 3 is 2.66 bits per heavy atom. The average molecular weight is 484 g/mol. The number of rotatable bonds is 5. The molecule has 3 N–H and O–H groups in total. The summed E-state index contributed by atoms with van der Waals surface area (Å²) in [5, 5.41) is 15.2. The summed E-state index contributed by atoms with van der Waals surface area (Å²) >= 11 is 0. The number of para-hydroxylation sites is 1. The Morgan fingerprint density at radius 2 is 1.89 bits per heavy atom. The van der Waals surface area contributed by atoms with Gasteiger partial charge in [0.1, 0.15) is 23.8 Å². The third-order valence-corrected chi connectivity index (χ3v) is 6.99. The first-order valence-electron chi connectivity index (χ1n) is 12.2. The van der Waals surface area contributed by atoms with E-state index in [1.807, 2.05) is 11.0 Å². The third kappa shape index (κ3) is 5.11. The van der Waals surface area contributed by atoms with Crippen LogP contribution in [0.1, 0.15) is 43.6 Å². The van der Waals surface area contributed by atoms with Crippen molar-refractivity contribution >= 4 is 23.3 Å². The summed E-state index contributed by atoms with van der Waals surface area (Å²) in [6.45, 7) is 1.37. The van der Waals surface area contributed by atoms with Gasteiger partial charge in [0.05, 0.1) is 24.8 Å². The molecule has 3 aliphatic rings. The summed E-state index contributed by atoms with van der Waals surface area (Å²) in [7, 11) is 0. The number of hydrogen-bond acceptors (Lipinski definition) is 5. The van der Waals surface area contributed by atoms with E-state index in [4.69, 9.17) is 9.47 Å². The Labute approximate surface area is 203 Å². The number of aliphatic hydroxyl groups excluding tert-OH is 1. The number of aliphatic hydroxyl groups is 1. The van der Waals surface area contributed by atoms with Crippen molar-refractivity contribution in [2.24, 2.45) is 0 Å². The Bertz CT molecular complexity index is 1090. The van der Waals surface area contributed by atoms with E-state index in [0.29, 0.717) is 17.9 Å². The van der Waals surface area contributed by atoms with Crippen LogP contribution < -0.4 is 15.4 Å². The zero-order valence-corrected chi connectivity index (χ0v) is 19.4. The van der Waals surface area contributed by atoms with Gasteiger partial charge in [-0.3, -0.25) is 4.79 Å². The van der Waals surface area contributed by atoms with E-state index in [2.05, 4.69) is 10.6 Å². The molecule has 0 aliphatic carbocycles. The van der Waals surface area contributed by atoms with Crippen LogP contribution in [-0.2, 0) is 9.53 Å². The molecule has 2 saturated heterocycles. The molecular weight excluding hydrogens is 453 g/mol. The molecule has 0 radical (unpaired) electrons. The summed E-state index contributed by atoms with van der Waals surface area (Å²) in [5.74, 6) is 0.163. The molecule has 3 heterocycles. The van der Waals surface area contributed by atoms with Gasteiger partial charge in [0.2, 0.25) is 5.91 Å². The zero-order chi connectivity index (χ0) is 24.4. The van der Waals surface area contributed by atoms with Crippen LogP contribution in [-0.4, -0.2) is 60.0 Å². The number of ether oxygens (including phenoxy) is 2. The van der Waals surface area contributed by atoms with Gasteiger partial charge in [-0.05, 0) is 56.0 Å². The molecule has 35 heavy (non-hydrogen) atoms. The van der Waals surface area contributed by atoms with Crippen molar-refractivity contribution in [2.45, 2.75) is 56.3 Å². The molecule has 186 valence electrons. The number of carbonyl (C=O) groups is 2. The number of halogens is 1. The number of anilines is 2. The Hall–Kier alpha value is -3.17. The molecule has 5 rings (SSSR count). The van der Waals surface area contributed by atoms with Crippen LogP contribution in [0.4, 0.5) is 20.6 Å². The van der Waals surface area contributed by atoms with Crippen molar-refractivity contribution in [3.8, 4) is 5.75 Å². The van der Waals surface area contributed by atoms with Crippen LogP contribution >= 0.6 is 0 Å². The number of amides is 3. The lowest BCUT2D eigenvalue weighted by Crippen LogP contribution is -2.48. The van der Waals surface area contributed by atoms with Gasteiger partial charge in [0.15, 0.2) is 0 Å². The highest BCUT2D eigenvalue weighted by atomic mass is 19.1. The number of piperidine rings is 1. The summed E-state index contributed by atoms with van der Waals surface area (Å²) in [4.78, 5) is 27.1. The molecule has 0 spiro atoms. The molecule has 0 aromatic heterocycles. The molecular formula is C26H30FN3O5. The van der Waals surface area contributed by atoms with E-state index >= 15 is 0 Å². The summed E-state index contributed by atoms with van der Waals surface area (Å²) in [6, 6.07) is 10.7. The quantitative estimate of drug-likeness (QED) is 0.600. The second-order valence-electron chi connectivity index (χ2n) is 9.36. The summed E-state index contributed by atoms with van der Waals surface area (Å²) < 4.78 is 26.0. The molecule has 2 aromatic carbocycles. The Kier molecular flexibility index (Phi) is 6.88. The number of benzene rings is 2. The van der Waals surface area contributed by atoms with Crippen molar-refractivity contribution in [2.75, 3.05) is 30.3 Å². The van der Waals surface area contributed by atoms with Crippen molar-refractivity contribution in [3.63, 3.8) is 0 Å². The predicted octanol–water partition coefficient (Wildman–Crippen LogP) is 3.87. The second kappa shape index (κ2) is 10.2. The fraction of sp³-hybridized carbons (Fsp3) is 0.462. The average Bonchev–Trinajstić information content (AvgIpc) is 3.23. The van der Waals surface area contributed by atoms with E-state index in [1.165, 1.54) is 12.1 Å². The van der Waals surface area contributed by atoms with Crippen molar-refractivity contribution in [3.05, 3.63) is 53.8 Å². The molecule has 9 heteroatoms. The first kappa shape index (κ1) is 23.6. The molecule has 8 nitrogen and oxygen atoms in total. The first-order chi connectivity index (χ1) is 17.0. The van der Waals surface area contributed by atoms with Gasteiger partial charge in [0, 0.05) is 30.3 Å². The minimum absolute atomic E-state index is 0.0774. The fourth-order valence-corrected chi connectivity index (χ4v) is 5.28. The molecule has 0 saturated carbocycles. The highest BCUT2D eigenvalue weighted by molar-refractivity contribution is 5.99. The molecule has 0 bridgehead atoms. The van der Waals surface area contributed by atoms with E-state index in [0.717, 1.165) is 37.9 Å². The molecule has 2 aromatic rings. The van der Waals surface area contributed by atoms with Gasteiger partial charge in [-0.25, -0.2) is 9.18 Å². The zero-order valence-electron chi connectivity index (χ0n) is 19.4. The van der Waals surface area contributed by atoms with Crippen LogP contribution in [0.5, 0.6) is 5.75 Å². The third-order valence-electron chi connectivity index (χ3n) is 6.99. The number of nitrogens with one attached hydrogen (secondary N) is 2. The van der Waals surface area contributed by atoms with Gasteiger partial charge in [0.25, 0.3) is 0 Å². The number of likely N-dealkylation sites (tertiary alicyclic amines) is 1. The second-order valence-corrected chi connectivity index (χ2v) is 9.36. The van der Waals surface area contributed by atoms with Crippen molar-refractivity contribution in [1.29, 1.82) is 0 Å². The molecule has 3 amide bonds. The number of nitrogens with zero attached hydrogens (tertiary/aromatic N) is 1. The van der Waals surface area contributed by atoms with Crippen LogP contribution in [0.3, 0.4) is 0 Å². The first-order valence-corrected chi connectivity index (χ1v) is 12.2. The van der Waals surface area contributed by atoms with Crippen LogP contribution in [0.25, 0.3) is 0 Å². The lowest BCUT2D eigenvalue weighted by Gasteiger charge is -2.38. The van der Waals surface area contributed by atoms with Gasteiger partial charge in [-0.1, -0.05) is 12.1 Å². The van der Waals surface area contributed by atoms with Crippen LogP contribution in [0, 0.1) is 5.82 Å². The number of fused-ring (bicyclic) bond motifs is 3. The highest BCUT2D eigenvalue weighted by Crippen LogP contribution is 2.47. The number of urea groups is 1. The monoisotopic (exact) mass is 483 g/mol. The smallest absolute Gasteiger partial charge is 0.323 e. The lowest BCUT2D eigenvalue weighted by atomic mass is 9.84. The van der Waals surface area contributed by atoms with Crippen molar-refractivity contribution in [1.82, 2.24) is 4.90 Å². The largest absolute Gasteiger partial charge is 0.487 e. The van der Waals surface area contributed by atoms with E-state index in [1.54, 1.807) is 24.3 Å². The maximum absolute atomic E-state index is 13.9. The summed E-state index contributed by atoms with van der Waals surface area (Å²) in [5.41, 5.74) is 1.52. The van der Waals surface area contributed by atoms with E-state index < -0.39 is 18.0 Å². The van der Waals surface area contributed by atoms with Crippen LogP contribution in [0.2, 0.25) is 0 Å². The standard InChI is InChI=1S/C26H30FN3O5/c27-20-6-2-3-7-21(20)29-26(33)28-16-8-9-22-18(12-16)19-13-17(34-23(15-31)25(19)35-22)14-24(32)30-10-4-1-5-11-30/h2-3,6-9,12,17,19,23,25,31H,1,4-5,10-11,13-15H2,(H2,28,29,33)/t17-,19-,23+,25+/m0/s1. The van der Waals surface area contributed by atoms with Gasteiger partial charge in [-0.2, -0.15) is 0 Å². The topological polar surface area (TPSA) is 100 Å². The normalized spacial score (nSPS) is 25.3. The molecule has 3 aliphatic heterocycles. The van der Waals surface area contributed by atoms with Gasteiger partial charge >= 0.3 is 6.03 Å². The minimum Gasteiger partial charge on any atom is -0.487 e. The van der Waals surface area contributed by atoms with Gasteiger partial charge in [-0.15, -0.1) is 0 Å². The molecule has 2 fully saturated rings. The van der Waals surface area contributed by atoms with Crippen LogP contribution in [0.15, 0.2) is 42.5 Å². The fourth-order valence-electron chi connectivity index (χ4n) is 5.28. The van der Waals surface area contributed by atoms with E-state index in [9.17, 15) is 19.1 Å². The Morgan fingerprint density at radius 1 is 1.09 bits per heavy atom. The maximum atomic E-state index is 13.9. The lowest BCUT2D eigenvalue weighted by molar-refractivity contribution is -0.149. The molecule has 0 unspecified atom stereocenters. The maximum Gasteiger partial charge on any atom is 0.323 e. The molecule has 4 atom stereocenters. The Balaban J connectivity index is 1.28.